The van der Waals surface area contributed by atoms with Crippen LogP contribution >= 0.6 is 0 Å². The summed E-state index contributed by atoms with van der Waals surface area (Å²) >= 11 is 0. The van der Waals surface area contributed by atoms with Gasteiger partial charge in [0.2, 0.25) is 5.91 Å². The highest BCUT2D eigenvalue weighted by Gasteiger charge is 2.11. The average Bonchev–Trinajstić information content (AvgIpc) is 2.78. The van der Waals surface area contributed by atoms with Crippen LogP contribution in [-0.4, -0.2) is 28.5 Å². The van der Waals surface area contributed by atoms with Crippen LogP contribution in [0.15, 0.2) is 59.7 Å². The number of piperidine rings is 1. The molecular weight excluding hydrogens is 364 g/mol. The number of anilines is 1. The van der Waals surface area contributed by atoms with E-state index in [-0.39, 0.29) is 17.9 Å². The van der Waals surface area contributed by atoms with Gasteiger partial charge in [-0.05, 0) is 49.1 Å². The van der Waals surface area contributed by atoms with Crippen LogP contribution in [0.4, 0.5) is 5.69 Å². The number of aryl methyl sites for hydroxylation is 1. The first-order valence-corrected chi connectivity index (χ1v) is 10.3. The molecule has 0 bridgehead atoms. The van der Waals surface area contributed by atoms with Crippen LogP contribution in [0.25, 0.3) is 10.9 Å². The van der Waals surface area contributed by atoms with Crippen molar-refractivity contribution >= 4 is 22.5 Å². The van der Waals surface area contributed by atoms with Gasteiger partial charge >= 0.3 is 0 Å². The van der Waals surface area contributed by atoms with Gasteiger partial charge in [0.1, 0.15) is 0 Å². The summed E-state index contributed by atoms with van der Waals surface area (Å²) in [5.41, 5.74) is 2.88. The molecule has 1 aromatic heterocycles. The zero-order valence-electron chi connectivity index (χ0n) is 16.5. The Balaban J connectivity index is 1.33. The lowest BCUT2D eigenvalue weighted by Crippen LogP contribution is -2.29. The highest BCUT2D eigenvalue weighted by molar-refractivity contribution is 5.77. The number of carbonyl (C=O) groups excluding carboxylic acids is 1. The van der Waals surface area contributed by atoms with Crippen LogP contribution in [0.5, 0.6) is 0 Å². The maximum absolute atomic E-state index is 12.5. The molecule has 1 aliphatic heterocycles. The molecule has 3 aromatic rings. The van der Waals surface area contributed by atoms with Gasteiger partial charge < -0.3 is 10.2 Å². The first-order chi connectivity index (χ1) is 14.2. The van der Waals surface area contributed by atoms with Gasteiger partial charge in [-0.2, -0.15) is 0 Å². The van der Waals surface area contributed by atoms with E-state index in [0.29, 0.717) is 24.0 Å². The molecule has 1 amide bonds. The minimum Gasteiger partial charge on any atom is -0.372 e. The summed E-state index contributed by atoms with van der Waals surface area (Å²) in [4.78, 5) is 31.5. The van der Waals surface area contributed by atoms with E-state index in [9.17, 15) is 9.59 Å². The molecule has 0 aliphatic carbocycles. The molecule has 1 saturated heterocycles. The number of nitrogens with one attached hydrogen (secondary N) is 1. The van der Waals surface area contributed by atoms with E-state index >= 15 is 0 Å². The number of benzene rings is 2. The van der Waals surface area contributed by atoms with E-state index in [1.807, 2.05) is 30.3 Å². The molecule has 150 valence electrons. The van der Waals surface area contributed by atoms with Crippen molar-refractivity contribution < 1.29 is 4.79 Å². The van der Waals surface area contributed by atoms with Crippen molar-refractivity contribution in [1.29, 1.82) is 0 Å². The number of rotatable bonds is 6. The summed E-state index contributed by atoms with van der Waals surface area (Å²) in [5, 5.41) is 3.54. The molecular formula is C23H26N4O2. The molecule has 0 spiro atoms. The normalized spacial score (nSPS) is 14.1. The fourth-order valence-corrected chi connectivity index (χ4v) is 3.79. The van der Waals surface area contributed by atoms with Gasteiger partial charge in [0, 0.05) is 38.3 Å². The SMILES string of the molecule is O=C(CCn1cnc2ccccc2c1=O)NCc1cccc(N2CCCCC2)c1. The molecule has 4 rings (SSSR count). The van der Waals surface area contributed by atoms with Crippen molar-refractivity contribution in [3.63, 3.8) is 0 Å². The topological polar surface area (TPSA) is 67.2 Å². The molecule has 29 heavy (non-hydrogen) atoms. The quantitative estimate of drug-likeness (QED) is 0.702. The van der Waals surface area contributed by atoms with Crippen molar-refractivity contribution in [2.75, 3.05) is 18.0 Å². The Labute approximate surface area is 170 Å². The lowest BCUT2D eigenvalue weighted by atomic mass is 10.1. The Bertz CT molecular complexity index is 1050. The van der Waals surface area contributed by atoms with Crippen LogP contribution < -0.4 is 15.8 Å². The Morgan fingerprint density at radius 3 is 2.72 bits per heavy atom. The number of hydrogen-bond donors (Lipinski definition) is 1. The molecule has 0 radical (unpaired) electrons. The number of fused-ring (bicyclic) bond motifs is 1. The molecule has 6 heteroatoms. The second-order valence-electron chi connectivity index (χ2n) is 7.50. The van der Waals surface area contributed by atoms with E-state index in [0.717, 1.165) is 18.7 Å². The fourth-order valence-electron chi connectivity index (χ4n) is 3.79. The van der Waals surface area contributed by atoms with Gasteiger partial charge in [-0.25, -0.2) is 4.98 Å². The Morgan fingerprint density at radius 1 is 1.03 bits per heavy atom. The second kappa shape index (κ2) is 8.90. The average molecular weight is 390 g/mol. The van der Waals surface area contributed by atoms with E-state index < -0.39 is 0 Å². The van der Waals surface area contributed by atoms with Crippen LogP contribution in [-0.2, 0) is 17.9 Å². The number of para-hydroxylation sites is 1. The van der Waals surface area contributed by atoms with Crippen LogP contribution in [0.1, 0.15) is 31.2 Å². The van der Waals surface area contributed by atoms with Crippen LogP contribution in [0.2, 0.25) is 0 Å². The molecule has 0 atom stereocenters. The Hall–Kier alpha value is -3.15. The minimum absolute atomic E-state index is 0.0755. The fraction of sp³-hybridized carbons (Fsp3) is 0.348. The number of nitrogens with zero attached hydrogens (tertiary/aromatic N) is 3. The summed E-state index contributed by atoms with van der Waals surface area (Å²) in [7, 11) is 0. The molecule has 1 aliphatic rings. The first-order valence-electron chi connectivity index (χ1n) is 10.3. The summed E-state index contributed by atoms with van der Waals surface area (Å²) in [5.74, 6) is -0.0755. The van der Waals surface area contributed by atoms with Crippen molar-refractivity contribution in [3.8, 4) is 0 Å². The first kappa shape index (κ1) is 19.2. The molecule has 6 nitrogen and oxygen atoms in total. The minimum atomic E-state index is -0.113. The van der Waals surface area contributed by atoms with Crippen molar-refractivity contribution in [2.45, 2.75) is 38.8 Å². The highest BCUT2D eigenvalue weighted by Crippen LogP contribution is 2.20. The summed E-state index contributed by atoms with van der Waals surface area (Å²) in [6.45, 7) is 3.01. The molecule has 0 unspecified atom stereocenters. The van der Waals surface area contributed by atoms with Gasteiger partial charge in [0.15, 0.2) is 0 Å². The molecule has 2 heterocycles. The van der Waals surface area contributed by atoms with E-state index in [2.05, 4.69) is 27.3 Å². The third-order valence-electron chi connectivity index (χ3n) is 5.43. The zero-order chi connectivity index (χ0) is 20.1. The van der Waals surface area contributed by atoms with Gasteiger partial charge in [-0.3, -0.25) is 14.2 Å². The largest absolute Gasteiger partial charge is 0.372 e. The summed E-state index contributed by atoms with van der Waals surface area (Å²) in [6, 6.07) is 15.6. The molecule has 1 N–H and O–H groups in total. The number of amides is 1. The predicted octanol–water partition coefficient (Wildman–Crippen LogP) is 3.09. The Kier molecular flexibility index (Phi) is 5.89. The molecule has 0 saturated carbocycles. The summed E-state index contributed by atoms with van der Waals surface area (Å²) < 4.78 is 1.50. The third-order valence-corrected chi connectivity index (χ3v) is 5.43. The monoisotopic (exact) mass is 390 g/mol. The van der Waals surface area contributed by atoms with Crippen LogP contribution in [0.3, 0.4) is 0 Å². The van der Waals surface area contributed by atoms with E-state index in [1.54, 1.807) is 6.07 Å². The van der Waals surface area contributed by atoms with Gasteiger partial charge in [-0.1, -0.05) is 24.3 Å². The van der Waals surface area contributed by atoms with Crippen LogP contribution in [0, 0.1) is 0 Å². The Morgan fingerprint density at radius 2 is 1.86 bits per heavy atom. The van der Waals surface area contributed by atoms with Gasteiger partial charge in [0.05, 0.1) is 17.2 Å². The zero-order valence-corrected chi connectivity index (χ0v) is 16.5. The number of aromatic nitrogens is 2. The highest BCUT2D eigenvalue weighted by atomic mass is 16.1. The standard InChI is InChI=1S/C23H26N4O2/c28-22(11-14-27-17-25-21-10-3-2-9-20(21)23(27)29)24-16-18-7-6-8-19(15-18)26-12-4-1-5-13-26/h2-3,6-10,15,17H,1,4-5,11-14,16H2,(H,24,28). The van der Waals surface area contributed by atoms with Gasteiger partial charge in [-0.15, -0.1) is 0 Å². The van der Waals surface area contributed by atoms with Crippen molar-refractivity contribution in [2.24, 2.45) is 0 Å². The maximum atomic E-state index is 12.5. The molecule has 1 fully saturated rings. The maximum Gasteiger partial charge on any atom is 0.261 e. The molecule has 2 aromatic carbocycles. The predicted molar refractivity (Wildman–Crippen MR) is 115 cm³/mol. The third kappa shape index (κ3) is 4.65. The van der Waals surface area contributed by atoms with E-state index in [4.69, 9.17) is 0 Å². The van der Waals surface area contributed by atoms with Crippen molar-refractivity contribution in [1.82, 2.24) is 14.9 Å². The lowest BCUT2D eigenvalue weighted by molar-refractivity contribution is -0.121. The van der Waals surface area contributed by atoms with Crippen molar-refractivity contribution in [3.05, 3.63) is 70.8 Å². The summed E-state index contributed by atoms with van der Waals surface area (Å²) in [6.07, 6.45) is 5.54. The second-order valence-corrected chi connectivity index (χ2v) is 7.50. The number of hydrogen-bond acceptors (Lipinski definition) is 4. The smallest absolute Gasteiger partial charge is 0.261 e. The van der Waals surface area contributed by atoms with Gasteiger partial charge in [0.25, 0.3) is 5.56 Å². The van der Waals surface area contributed by atoms with E-state index in [1.165, 1.54) is 35.8 Å². The lowest BCUT2D eigenvalue weighted by Gasteiger charge is -2.29. The number of carbonyl (C=O) groups is 1.